The number of hydrogen-bond acceptors (Lipinski definition) is 5. The maximum absolute atomic E-state index is 11.7. The van der Waals surface area contributed by atoms with E-state index in [9.17, 15) is 9.90 Å². The summed E-state index contributed by atoms with van der Waals surface area (Å²) in [7, 11) is 1.46. The summed E-state index contributed by atoms with van der Waals surface area (Å²) < 4.78 is 10.5. The van der Waals surface area contributed by atoms with Gasteiger partial charge in [0.2, 0.25) is 5.91 Å². The standard InChI is InChI=1S/C18H18Cl2N2O4/c1-25-17-9-12(4-6-15(17)23)11-21-22-18(24)3-2-8-26-16-7-5-13(19)10-14(16)20/h4-7,9-11,23H,2-3,8H2,1H3,(H,22,24)/b21-11-. The number of rotatable bonds is 8. The Morgan fingerprint density at radius 1 is 1.23 bits per heavy atom. The number of amides is 1. The average Bonchev–Trinajstić information content (AvgIpc) is 2.61. The first-order chi connectivity index (χ1) is 12.5. The van der Waals surface area contributed by atoms with E-state index < -0.39 is 0 Å². The van der Waals surface area contributed by atoms with Crippen molar-refractivity contribution in [1.82, 2.24) is 5.43 Å². The predicted octanol–water partition coefficient (Wildman–Crippen LogP) is 4.02. The smallest absolute Gasteiger partial charge is 0.240 e. The number of carbonyl (C=O) groups is 1. The van der Waals surface area contributed by atoms with Crippen molar-refractivity contribution in [3.63, 3.8) is 0 Å². The minimum Gasteiger partial charge on any atom is -0.504 e. The van der Waals surface area contributed by atoms with Crippen LogP contribution in [0.15, 0.2) is 41.5 Å². The molecule has 0 radical (unpaired) electrons. The van der Waals surface area contributed by atoms with E-state index in [1.807, 2.05) is 0 Å². The Morgan fingerprint density at radius 3 is 2.77 bits per heavy atom. The number of carbonyl (C=O) groups excluding carboxylic acids is 1. The van der Waals surface area contributed by atoms with Crippen LogP contribution in [0.5, 0.6) is 17.2 Å². The summed E-state index contributed by atoms with van der Waals surface area (Å²) in [6, 6.07) is 9.70. The minimum absolute atomic E-state index is 0.0366. The fraction of sp³-hybridized carbons (Fsp3) is 0.222. The Hall–Kier alpha value is -2.44. The van der Waals surface area contributed by atoms with Crippen LogP contribution in [-0.2, 0) is 4.79 Å². The Labute approximate surface area is 161 Å². The number of phenols is 1. The molecule has 2 N–H and O–H groups in total. The molecule has 8 heteroatoms. The van der Waals surface area contributed by atoms with Gasteiger partial charge in [0.25, 0.3) is 0 Å². The number of hydrogen-bond donors (Lipinski definition) is 2. The summed E-state index contributed by atoms with van der Waals surface area (Å²) in [4.78, 5) is 11.7. The Kier molecular flexibility index (Phi) is 7.56. The van der Waals surface area contributed by atoms with Gasteiger partial charge in [-0.3, -0.25) is 4.79 Å². The quantitative estimate of drug-likeness (QED) is 0.401. The molecule has 0 aliphatic rings. The second-order valence-electron chi connectivity index (χ2n) is 5.25. The number of halogens is 2. The van der Waals surface area contributed by atoms with Gasteiger partial charge in [-0.05, 0) is 48.4 Å². The van der Waals surface area contributed by atoms with E-state index in [4.69, 9.17) is 32.7 Å². The Balaban J connectivity index is 1.72. The van der Waals surface area contributed by atoms with Crippen molar-refractivity contribution < 1.29 is 19.4 Å². The van der Waals surface area contributed by atoms with E-state index in [0.717, 1.165) is 0 Å². The summed E-state index contributed by atoms with van der Waals surface area (Å²) in [5, 5.41) is 14.3. The molecule has 2 aromatic carbocycles. The molecule has 26 heavy (non-hydrogen) atoms. The zero-order chi connectivity index (χ0) is 18.9. The van der Waals surface area contributed by atoms with Crippen LogP contribution in [-0.4, -0.2) is 30.9 Å². The van der Waals surface area contributed by atoms with E-state index in [-0.39, 0.29) is 18.1 Å². The fourth-order valence-electron chi connectivity index (χ4n) is 2.02. The highest BCUT2D eigenvalue weighted by atomic mass is 35.5. The van der Waals surface area contributed by atoms with Crippen LogP contribution in [0.2, 0.25) is 10.0 Å². The maximum atomic E-state index is 11.7. The van der Waals surface area contributed by atoms with Crippen molar-refractivity contribution in [2.45, 2.75) is 12.8 Å². The van der Waals surface area contributed by atoms with Crippen LogP contribution >= 0.6 is 23.2 Å². The Bertz CT molecular complexity index is 797. The first-order valence-electron chi connectivity index (χ1n) is 7.76. The summed E-state index contributed by atoms with van der Waals surface area (Å²) in [5.74, 6) is 0.654. The highest BCUT2D eigenvalue weighted by molar-refractivity contribution is 6.35. The lowest BCUT2D eigenvalue weighted by Crippen LogP contribution is -2.18. The molecule has 0 aliphatic carbocycles. The van der Waals surface area contributed by atoms with Gasteiger partial charge >= 0.3 is 0 Å². The maximum Gasteiger partial charge on any atom is 0.240 e. The van der Waals surface area contributed by atoms with Crippen molar-refractivity contribution in [3.05, 3.63) is 52.0 Å². The van der Waals surface area contributed by atoms with Crippen LogP contribution in [0.25, 0.3) is 0 Å². The fourth-order valence-corrected chi connectivity index (χ4v) is 2.48. The lowest BCUT2D eigenvalue weighted by Gasteiger charge is -2.07. The molecular weight excluding hydrogens is 379 g/mol. The molecule has 0 atom stereocenters. The normalized spacial score (nSPS) is 10.7. The molecule has 0 aliphatic heterocycles. The molecule has 2 aromatic rings. The van der Waals surface area contributed by atoms with Gasteiger partial charge in [-0.25, -0.2) is 5.43 Å². The van der Waals surface area contributed by atoms with Crippen molar-refractivity contribution in [2.24, 2.45) is 5.10 Å². The SMILES string of the molecule is COc1cc(/C=N\NC(=O)CCCOc2ccc(Cl)cc2Cl)ccc1O. The third-order valence-electron chi connectivity index (χ3n) is 3.31. The lowest BCUT2D eigenvalue weighted by atomic mass is 10.2. The van der Waals surface area contributed by atoms with Gasteiger partial charge in [-0.15, -0.1) is 0 Å². The summed E-state index contributed by atoms with van der Waals surface area (Å²) in [6.45, 7) is 0.341. The number of phenolic OH excluding ortho intramolecular Hbond substituents is 1. The molecule has 0 saturated heterocycles. The number of methoxy groups -OCH3 is 1. The predicted molar refractivity (Wildman–Crippen MR) is 102 cm³/mol. The number of nitrogens with zero attached hydrogens (tertiary/aromatic N) is 1. The first kappa shape index (κ1) is 19.9. The second-order valence-corrected chi connectivity index (χ2v) is 6.09. The van der Waals surface area contributed by atoms with E-state index in [1.165, 1.54) is 19.4 Å². The molecule has 0 unspecified atom stereocenters. The van der Waals surface area contributed by atoms with Gasteiger partial charge < -0.3 is 14.6 Å². The summed E-state index contributed by atoms with van der Waals surface area (Å²) in [5.41, 5.74) is 3.11. The number of nitrogens with one attached hydrogen (secondary N) is 1. The van der Waals surface area contributed by atoms with Crippen LogP contribution in [0.4, 0.5) is 0 Å². The molecule has 0 spiro atoms. The topological polar surface area (TPSA) is 80.2 Å². The lowest BCUT2D eigenvalue weighted by molar-refractivity contribution is -0.121. The molecule has 0 bridgehead atoms. The van der Waals surface area contributed by atoms with Crippen LogP contribution in [0.3, 0.4) is 0 Å². The van der Waals surface area contributed by atoms with E-state index >= 15 is 0 Å². The molecular formula is C18H18Cl2N2O4. The van der Waals surface area contributed by atoms with Gasteiger partial charge in [0.15, 0.2) is 11.5 Å². The molecule has 6 nitrogen and oxygen atoms in total. The summed E-state index contributed by atoms with van der Waals surface area (Å²) in [6.07, 6.45) is 2.22. The van der Waals surface area contributed by atoms with Crippen molar-refractivity contribution in [1.29, 1.82) is 0 Å². The highest BCUT2D eigenvalue weighted by Gasteiger charge is 2.04. The van der Waals surface area contributed by atoms with Gasteiger partial charge in [-0.1, -0.05) is 23.2 Å². The van der Waals surface area contributed by atoms with Gasteiger partial charge in [0.1, 0.15) is 5.75 Å². The monoisotopic (exact) mass is 396 g/mol. The zero-order valence-corrected chi connectivity index (χ0v) is 15.5. The van der Waals surface area contributed by atoms with Crippen LogP contribution in [0, 0.1) is 0 Å². The van der Waals surface area contributed by atoms with Crippen molar-refractivity contribution in [3.8, 4) is 17.2 Å². The third-order valence-corrected chi connectivity index (χ3v) is 3.84. The third kappa shape index (κ3) is 6.13. The second kappa shape index (κ2) is 9.89. The Morgan fingerprint density at radius 2 is 2.04 bits per heavy atom. The van der Waals surface area contributed by atoms with E-state index in [1.54, 1.807) is 30.3 Å². The van der Waals surface area contributed by atoms with Crippen molar-refractivity contribution >= 4 is 35.3 Å². The van der Waals surface area contributed by atoms with Gasteiger partial charge in [0.05, 0.1) is 25.0 Å². The van der Waals surface area contributed by atoms with E-state index in [2.05, 4.69) is 10.5 Å². The van der Waals surface area contributed by atoms with Crippen molar-refractivity contribution in [2.75, 3.05) is 13.7 Å². The number of benzene rings is 2. The highest BCUT2D eigenvalue weighted by Crippen LogP contribution is 2.27. The number of hydrazone groups is 1. The summed E-state index contributed by atoms with van der Waals surface area (Å²) >= 11 is 11.8. The minimum atomic E-state index is -0.238. The largest absolute Gasteiger partial charge is 0.504 e. The molecule has 0 fully saturated rings. The molecule has 0 heterocycles. The van der Waals surface area contributed by atoms with Crippen LogP contribution < -0.4 is 14.9 Å². The molecule has 0 aromatic heterocycles. The molecule has 2 rings (SSSR count). The first-order valence-corrected chi connectivity index (χ1v) is 8.52. The molecule has 1 amide bonds. The average molecular weight is 397 g/mol. The molecule has 138 valence electrons. The van der Waals surface area contributed by atoms with Gasteiger partial charge in [-0.2, -0.15) is 5.10 Å². The van der Waals surface area contributed by atoms with Gasteiger partial charge in [0, 0.05) is 11.4 Å². The van der Waals surface area contributed by atoms with Crippen LogP contribution in [0.1, 0.15) is 18.4 Å². The number of ether oxygens (including phenoxy) is 2. The zero-order valence-electron chi connectivity index (χ0n) is 14.0. The van der Waals surface area contributed by atoms with E-state index in [0.29, 0.717) is 40.1 Å². The molecule has 0 saturated carbocycles. The number of aromatic hydroxyl groups is 1.